The molecule has 6 heteroatoms. The number of nitrogens with one attached hydrogen (secondary N) is 2. The topological polar surface area (TPSA) is 87.7 Å². The molecular formula is C13H24N2O4. The third-order valence-electron chi connectivity index (χ3n) is 2.42. The van der Waals surface area contributed by atoms with Crippen LogP contribution in [0.2, 0.25) is 0 Å². The Balaban J connectivity index is 4.05. The molecule has 6 nitrogen and oxygen atoms in total. The van der Waals surface area contributed by atoms with Crippen LogP contribution in [-0.2, 0) is 9.53 Å². The molecule has 0 heterocycles. The van der Waals surface area contributed by atoms with Crippen molar-refractivity contribution < 1.29 is 19.4 Å². The standard InChI is InChI=1S/C13H24N2O4/c1-3-5-7-14-12(17)10-11(6-8-16)15-13(18)19-9-4-2/h4,11,16H,2-3,5-10H2,1H3,(H,14,17)(H,15,18). The van der Waals surface area contributed by atoms with Gasteiger partial charge in [0.15, 0.2) is 0 Å². The normalized spacial score (nSPS) is 11.5. The molecule has 0 aromatic rings. The number of aliphatic hydroxyl groups is 1. The van der Waals surface area contributed by atoms with Gasteiger partial charge in [-0.15, -0.1) is 0 Å². The van der Waals surface area contributed by atoms with Crippen molar-refractivity contribution in [3.05, 3.63) is 12.7 Å². The van der Waals surface area contributed by atoms with Crippen LogP contribution in [-0.4, -0.2) is 42.9 Å². The van der Waals surface area contributed by atoms with Gasteiger partial charge in [-0.25, -0.2) is 4.79 Å². The van der Waals surface area contributed by atoms with E-state index in [2.05, 4.69) is 17.2 Å². The van der Waals surface area contributed by atoms with Crippen LogP contribution in [0, 0.1) is 0 Å². The first-order chi connectivity index (χ1) is 9.13. The summed E-state index contributed by atoms with van der Waals surface area (Å²) in [6.45, 7) is 6.10. The second kappa shape index (κ2) is 11.5. The van der Waals surface area contributed by atoms with Crippen LogP contribution >= 0.6 is 0 Å². The molecule has 2 amide bonds. The van der Waals surface area contributed by atoms with Gasteiger partial charge in [-0.2, -0.15) is 0 Å². The fraction of sp³-hybridized carbons (Fsp3) is 0.692. The van der Waals surface area contributed by atoms with Crippen molar-refractivity contribution in [2.24, 2.45) is 0 Å². The van der Waals surface area contributed by atoms with Crippen molar-refractivity contribution in [1.29, 1.82) is 0 Å². The highest BCUT2D eigenvalue weighted by Crippen LogP contribution is 1.99. The van der Waals surface area contributed by atoms with Crippen molar-refractivity contribution >= 4 is 12.0 Å². The molecule has 1 unspecified atom stereocenters. The Morgan fingerprint density at radius 3 is 2.79 bits per heavy atom. The van der Waals surface area contributed by atoms with E-state index in [-0.39, 0.29) is 25.5 Å². The Bertz CT molecular complexity index is 282. The number of rotatable bonds is 10. The van der Waals surface area contributed by atoms with Gasteiger partial charge in [0, 0.05) is 25.6 Å². The fourth-order valence-corrected chi connectivity index (χ4v) is 1.42. The van der Waals surface area contributed by atoms with E-state index < -0.39 is 12.1 Å². The fourth-order valence-electron chi connectivity index (χ4n) is 1.42. The minimum absolute atomic E-state index is 0.103. The Hall–Kier alpha value is -1.56. The molecule has 0 spiro atoms. The molecule has 0 saturated carbocycles. The minimum Gasteiger partial charge on any atom is -0.445 e. The molecule has 19 heavy (non-hydrogen) atoms. The quantitative estimate of drug-likeness (QED) is 0.408. The third kappa shape index (κ3) is 10.1. The van der Waals surface area contributed by atoms with Gasteiger partial charge in [0.05, 0.1) is 0 Å². The van der Waals surface area contributed by atoms with Crippen molar-refractivity contribution in [3.8, 4) is 0 Å². The monoisotopic (exact) mass is 272 g/mol. The summed E-state index contributed by atoms with van der Waals surface area (Å²) in [5, 5.41) is 14.2. The van der Waals surface area contributed by atoms with Gasteiger partial charge in [-0.3, -0.25) is 4.79 Å². The summed E-state index contributed by atoms with van der Waals surface area (Å²) in [6.07, 6.45) is 3.22. The van der Waals surface area contributed by atoms with Crippen LogP contribution in [0.25, 0.3) is 0 Å². The molecule has 1 atom stereocenters. The van der Waals surface area contributed by atoms with Gasteiger partial charge in [0.2, 0.25) is 5.91 Å². The lowest BCUT2D eigenvalue weighted by Gasteiger charge is -2.17. The highest BCUT2D eigenvalue weighted by molar-refractivity contribution is 5.77. The van der Waals surface area contributed by atoms with Crippen LogP contribution in [0.5, 0.6) is 0 Å². The maximum absolute atomic E-state index is 11.6. The first-order valence-corrected chi connectivity index (χ1v) is 6.55. The zero-order valence-electron chi connectivity index (χ0n) is 11.5. The Kier molecular flexibility index (Phi) is 10.6. The molecule has 0 aliphatic carbocycles. The van der Waals surface area contributed by atoms with Crippen LogP contribution in [0.1, 0.15) is 32.6 Å². The summed E-state index contributed by atoms with van der Waals surface area (Å²) in [6, 6.07) is -0.427. The first-order valence-electron chi connectivity index (χ1n) is 6.55. The lowest BCUT2D eigenvalue weighted by molar-refractivity contribution is -0.121. The summed E-state index contributed by atoms with van der Waals surface area (Å²) >= 11 is 0. The Morgan fingerprint density at radius 2 is 2.21 bits per heavy atom. The highest BCUT2D eigenvalue weighted by atomic mass is 16.5. The lowest BCUT2D eigenvalue weighted by Crippen LogP contribution is -2.40. The van der Waals surface area contributed by atoms with E-state index in [0.717, 1.165) is 12.8 Å². The molecule has 110 valence electrons. The third-order valence-corrected chi connectivity index (χ3v) is 2.42. The number of unbranched alkanes of at least 4 members (excludes halogenated alkanes) is 1. The number of hydrogen-bond acceptors (Lipinski definition) is 4. The molecule has 0 fully saturated rings. The van der Waals surface area contributed by atoms with Gasteiger partial charge < -0.3 is 20.5 Å². The van der Waals surface area contributed by atoms with Crippen molar-refractivity contribution in [2.75, 3.05) is 19.8 Å². The van der Waals surface area contributed by atoms with Crippen LogP contribution in [0.15, 0.2) is 12.7 Å². The molecule has 0 rings (SSSR count). The minimum atomic E-state index is -0.611. The molecule has 0 aromatic carbocycles. The Labute approximate surface area is 114 Å². The van der Waals surface area contributed by atoms with E-state index in [1.165, 1.54) is 6.08 Å². The number of carbonyl (C=O) groups excluding carboxylic acids is 2. The number of alkyl carbamates (subject to hydrolysis) is 1. The van der Waals surface area contributed by atoms with Crippen molar-refractivity contribution in [3.63, 3.8) is 0 Å². The first kappa shape index (κ1) is 17.4. The second-order valence-electron chi connectivity index (χ2n) is 4.15. The molecule has 0 saturated heterocycles. The number of ether oxygens (including phenoxy) is 1. The summed E-state index contributed by atoms with van der Waals surface area (Å²) in [5.74, 6) is -0.143. The van der Waals surface area contributed by atoms with Gasteiger partial charge in [0.1, 0.15) is 6.61 Å². The molecule has 0 radical (unpaired) electrons. The maximum atomic E-state index is 11.6. The van der Waals surface area contributed by atoms with Gasteiger partial charge in [0.25, 0.3) is 0 Å². The molecule has 0 bridgehead atoms. The number of aliphatic hydroxyl groups excluding tert-OH is 1. The molecular weight excluding hydrogens is 248 g/mol. The summed E-state index contributed by atoms with van der Waals surface area (Å²) in [4.78, 5) is 22.9. The molecule has 3 N–H and O–H groups in total. The van der Waals surface area contributed by atoms with E-state index in [1.54, 1.807) is 0 Å². The lowest BCUT2D eigenvalue weighted by atomic mass is 10.1. The predicted molar refractivity (Wildman–Crippen MR) is 72.7 cm³/mol. The molecule has 0 aromatic heterocycles. The zero-order valence-corrected chi connectivity index (χ0v) is 11.5. The van der Waals surface area contributed by atoms with Crippen molar-refractivity contribution in [1.82, 2.24) is 10.6 Å². The van der Waals surface area contributed by atoms with Crippen LogP contribution in [0.4, 0.5) is 4.79 Å². The molecule has 0 aliphatic rings. The predicted octanol–water partition coefficient (Wildman–Crippen LogP) is 0.956. The number of carbonyl (C=O) groups is 2. The van der Waals surface area contributed by atoms with Gasteiger partial charge >= 0.3 is 6.09 Å². The summed E-state index contributed by atoms with van der Waals surface area (Å²) in [5.41, 5.74) is 0. The van der Waals surface area contributed by atoms with Crippen LogP contribution in [0.3, 0.4) is 0 Å². The summed E-state index contributed by atoms with van der Waals surface area (Å²) < 4.78 is 4.77. The highest BCUT2D eigenvalue weighted by Gasteiger charge is 2.16. The largest absolute Gasteiger partial charge is 0.445 e. The average molecular weight is 272 g/mol. The number of hydrogen-bond donors (Lipinski definition) is 3. The van der Waals surface area contributed by atoms with E-state index >= 15 is 0 Å². The second-order valence-corrected chi connectivity index (χ2v) is 4.15. The zero-order chi connectivity index (χ0) is 14.5. The van der Waals surface area contributed by atoms with Crippen LogP contribution < -0.4 is 10.6 Å². The van der Waals surface area contributed by atoms with E-state index in [4.69, 9.17) is 9.84 Å². The maximum Gasteiger partial charge on any atom is 0.407 e. The van der Waals surface area contributed by atoms with Gasteiger partial charge in [-0.1, -0.05) is 26.0 Å². The van der Waals surface area contributed by atoms with E-state index in [1.807, 2.05) is 6.92 Å². The summed E-state index contributed by atoms with van der Waals surface area (Å²) in [7, 11) is 0. The number of amides is 2. The Morgan fingerprint density at radius 1 is 1.47 bits per heavy atom. The van der Waals surface area contributed by atoms with E-state index in [0.29, 0.717) is 13.0 Å². The van der Waals surface area contributed by atoms with Crippen molar-refractivity contribution in [2.45, 2.75) is 38.6 Å². The SMILES string of the molecule is C=CCOC(=O)NC(CCO)CC(=O)NCCCC. The average Bonchev–Trinajstić information content (AvgIpc) is 2.37. The molecule has 0 aliphatic heterocycles. The smallest absolute Gasteiger partial charge is 0.407 e. The van der Waals surface area contributed by atoms with Gasteiger partial charge in [-0.05, 0) is 12.8 Å². The van der Waals surface area contributed by atoms with E-state index in [9.17, 15) is 9.59 Å².